The van der Waals surface area contributed by atoms with Gasteiger partial charge in [0.15, 0.2) is 0 Å². The molecule has 4 aromatic carbocycles. The third-order valence-electron chi connectivity index (χ3n) is 7.04. The molecule has 1 N–H and O–H groups in total. The second-order valence-corrected chi connectivity index (χ2v) is 8.92. The second kappa shape index (κ2) is 8.42. The van der Waals surface area contributed by atoms with Crippen LogP contribution in [0.1, 0.15) is 25.3 Å². The van der Waals surface area contributed by atoms with Gasteiger partial charge in [-0.2, -0.15) is 0 Å². The van der Waals surface area contributed by atoms with Crippen LogP contribution >= 0.6 is 0 Å². The van der Waals surface area contributed by atoms with Gasteiger partial charge in [0.25, 0.3) is 0 Å². The Morgan fingerprint density at radius 1 is 0.545 bits per heavy atom. The largest absolute Gasteiger partial charge is 0.394 e. The standard InChI is InChI=1S/C30H28N2O/c33-21-22(32-29-18-7-3-14-25(29)26-15-4-8-19-30(26)32)11-9-10-20-31-27-16-5-1-12-23(27)24-13-2-6-17-28(24)31/h1-8,12-19,22,33H,9-11,20-21H2. The molecule has 0 bridgehead atoms. The number of hydrogen-bond acceptors (Lipinski definition) is 1. The van der Waals surface area contributed by atoms with Crippen LogP contribution in [0, 0.1) is 0 Å². The van der Waals surface area contributed by atoms with Crippen molar-refractivity contribution in [1.82, 2.24) is 9.13 Å². The van der Waals surface area contributed by atoms with E-state index in [1.54, 1.807) is 0 Å². The Morgan fingerprint density at radius 3 is 1.45 bits per heavy atom. The van der Waals surface area contributed by atoms with Gasteiger partial charge in [0, 0.05) is 50.2 Å². The van der Waals surface area contributed by atoms with Gasteiger partial charge in [0.2, 0.25) is 0 Å². The van der Waals surface area contributed by atoms with E-state index in [0.29, 0.717) is 0 Å². The van der Waals surface area contributed by atoms with Crippen LogP contribution in [0.3, 0.4) is 0 Å². The van der Waals surface area contributed by atoms with Crippen LogP contribution in [0.25, 0.3) is 43.6 Å². The lowest BCUT2D eigenvalue weighted by Crippen LogP contribution is -2.13. The fourth-order valence-electron chi connectivity index (χ4n) is 5.54. The van der Waals surface area contributed by atoms with Gasteiger partial charge in [-0.05, 0) is 43.5 Å². The monoisotopic (exact) mass is 432 g/mol. The molecule has 0 spiro atoms. The van der Waals surface area contributed by atoms with Crippen molar-refractivity contribution in [3.63, 3.8) is 0 Å². The molecule has 33 heavy (non-hydrogen) atoms. The molecule has 6 aromatic rings. The van der Waals surface area contributed by atoms with E-state index in [0.717, 1.165) is 25.8 Å². The first kappa shape index (κ1) is 20.1. The first-order valence-electron chi connectivity index (χ1n) is 11.9. The van der Waals surface area contributed by atoms with E-state index in [1.165, 1.54) is 43.6 Å². The SMILES string of the molecule is OCC(CCCCn1c2ccccc2c2ccccc21)n1c2ccccc2c2ccccc21. The summed E-state index contributed by atoms with van der Waals surface area (Å²) >= 11 is 0. The van der Waals surface area contributed by atoms with Crippen molar-refractivity contribution in [2.24, 2.45) is 0 Å². The van der Waals surface area contributed by atoms with Crippen LogP contribution in [0.2, 0.25) is 0 Å². The summed E-state index contributed by atoms with van der Waals surface area (Å²) < 4.78 is 4.81. The summed E-state index contributed by atoms with van der Waals surface area (Å²) in [7, 11) is 0. The van der Waals surface area contributed by atoms with Gasteiger partial charge in [-0.3, -0.25) is 0 Å². The van der Waals surface area contributed by atoms with Gasteiger partial charge in [0.1, 0.15) is 0 Å². The molecule has 0 amide bonds. The molecule has 3 heteroatoms. The summed E-state index contributed by atoms with van der Waals surface area (Å²) in [4.78, 5) is 0. The highest BCUT2D eigenvalue weighted by Crippen LogP contribution is 2.34. The first-order chi connectivity index (χ1) is 16.4. The highest BCUT2D eigenvalue weighted by atomic mass is 16.3. The van der Waals surface area contributed by atoms with Gasteiger partial charge in [-0.15, -0.1) is 0 Å². The van der Waals surface area contributed by atoms with Crippen molar-refractivity contribution < 1.29 is 5.11 Å². The average molecular weight is 433 g/mol. The smallest absolute Gasteiger partial charge is 0.0639 e. The predicted molar refractivity (Wildman–Crippen MR) is 139 cm³/mol. The van der Waals surface area contributed by atoms with Crippen molar-refractivity contribution >= 4 is 43.6 Å². The maximum absolute atomic E-state index is 10.4. The molecule has 6 rings (SSSR count). The van der Waals surface area contributed by atoms with Gasteiger partial charge in [0.05, 0.1) is 12.6 Å². The van der Waals surface area contributed by atoms with Gasteiger partial charge >= 0.3 is 0 Å². The number of aryl methyl sites for hydroxylation is 1. The molecule has 0 aliphatic heterocycles. The Labute approximate surface area is 193 Å². The molecule has 0 radical (unpaired) electrons. The predicted octanol–water partition coefficient (Wildman–Crippen LogP) is 7.31. The number of aromatic nitrogens is 2. The molecule has 1 unspecified atom stereocenters. The molecule has 2 heterocycles. The van der Waals surface area contributed by atoms with Crippen molar-refractivity contribution in [3.8, 4) is 0 Å². The minimum Gasteiger partial charge on any atom is -0.394 e. The Bertz CT molecular complexity index is 1470. The number of rotatable bonds is 7. The lowest BCUT2D eigenvalue weighted by atomic mass is 10.1. The fourth-order valence-corrected chi connectivity index (χ4v) is 5.54. The summed E-state index contributed by atoms with van der Waals surface area (Å²) in [6.07, 6.45) is 3.10. The van der Waals surface area contributed by atoms with Crippen molar-refractivity contribution in [2.45, 2.75) is 31.8 Å². The zero-order valence-corrected chi connectivity index (χ0v) is 18.7. The summed E-state index contributed by atoms with van der Waals surface area (Å²) in [5.41, 5.74) is 5.03. The number of para-hydroxylation sites is 4. The summed E-state index contributed by atoms with van der Waals surface area (Å²) in [5.74, 6) is 0. The van der Waals surface area contributed by atoms with E-state index in [9.17, 15) is 5.11 Å². The van der Waals surface area contributed by atoms with E-state index >= 15 is 0 Å². The molecule has 3 nitrogen and oxygen atoms in total. The summed E-state index contributed by atoms with van der Waals surface area (Å²) in [6.45, 7) is 1.14. The van der Waals surface area contributed by atoms with Crippen LogP contribution in [-0.2, 0) is 6.54 Å². The number of unbranched alkanes of at least 4 members (excludes halogenated alkanes) is 1. The molecule has 0 aliphatic rings. The Morgan fingerprint density at radius 2 is 0.970 bits per heavy atom. The third-order valence-corrected chi connectivity index (χ3v) is 7.04. The Balaban J connectivity index is 1.26. The summed E-state index contributed by atoms with van der Waals surface area (Å²) in [6, 6.07) is 34.6. The van der Waals surface area contributed by atoms with E-state index in [-0.39, 0.29) is 12.6 Å². The van der Waals surface area contributed by atoms with Gasteiger partial charge in [-0.1, -0.05) is 72.8 Å². The van der Waals surface area contributed by atoms with Crippen molar-refractivity contribution in [1.29, 1.82) is 0 Å². The number of aliphatic hydroxyl groups is 1. The van der Waals surface area contributed by atoms with Gasteiger partial charge in [-0.25, -0.2) is 0 Å². The molecule has 0 saturated carbocycles. The zero-order valence-electron chi connectivity index (χ0n) is 18.7. The maximum atomic E-state index is 10.4. The van der Waals surface area contributed by atoms with Crippen LogP contribution in [0.15, 0.2) is 97.1 Å². The lowest BCUT2D eigenvalue weighted by molar-refractivity contribution is 0.223. The van der Waals surface area contributed by atoms with Gasteiger partial charge < -0.3 is 14.2 Å². The van der Waals surface area contributed by atoms with Crippen molar-refractivity contribution in [2.75, 3.05) is 6.61 Å². The quantitative estimate of drug-likeness (QED) is 0.263. The number of fused-ring (bicyclic) bond motifs is 6. The number of nitrogens with zero attached hydrogens (tertiary/aromatic N) is 2. The first-order valence-corrected chi connectivity index (χ1v) is 11.9. The minimum absolute atomic E-state index is 0.0768. The molecule has 2 aromatic heterocycles. The number of aliphatic hydroxyl groups excluding tert-OH is 1. The highest BCUT2D eigenvalue weighted by molar-refractivity contribution is 6.08. The second-order valence-electron chi connectivity index (χ2n) is 8.92. The molecule has 0 saturated heterocycles. The average Bonchev–Trinajstić information content (AvgIpc) is 3.38. The molecular formula is C30H28N2O. The summed E-state index contributed by atoms with van der Waals surface area (Å²) in [5, 5.41) is 15.5. The Hall–Kier alpha value is -3.56. The number of hydrogen-bond donors (Lipinski definition) is 1. The molecule has 0 aliphatic carbocycles. The van der Waals surface area contributed by atoms with Crippen molar-refractivity contribution in [3.05, 3.63) is 97.1 Å². The highest BCUT2D eigenvalue weighted by Gasteiger charge is 2.17. The maximum Gasteiger partial charge on any atom is 0.0639 e. The number of benzene rings is 4. The molecule has 1 atom stereocenters. The molecule has 0 fully saturated rings. The van der Waals surface area contributed by atoms with Crippen LogP contribution in [-0.4, -0.2) is 20.8 Å². The van der Waals surface area contributed by atoms with E-state index in [2.05, 4.69) is 106 Å². The zero-order chi connectivity index (χ0) is 22.2. The van der Waals surface area contributed by atoms with E-state index < -0.39 is 0 Å². The minimum atomic E-state index is 0.0768. The van der Waals surface area contributed by atoms with Crippen LogP contribution < -0.4 is 0 Å². The fraction of sp³-hybridized carbons (Fsp3) is 0.200. The van der Waals surface area contributed by atoms with Crippen LogP contribution in [0.4, 0.5) is 0 Å². The van der Waals surface area contributed by atoms with E-state index in [1.807, 2.05) is 0 Å². The molecular weight excluding hydrogens is 404 g/mol. The topological polar surface area (TPSA) is 30.1 Å². The molecule has 164 valence electrons. The normalized spacial score (nSPS) is 12.9. The third kappa shape index (κ3) is 3.32. The lowest BCUT2D eigenvalue weighted by Gasteiger charge is -2.19. The van der Waals surface area contributed by atoms with E-state index in [4.69, 9.17) is 0 Å². The Kier molecular flexibility index (Phi) is 5.12. The van der Waals surface area contributed by atoms with Crippen LogP contribution in [0.5, 0.6) is 0 Å².